The molecule has 0 saturated heterocycles. The van der Waals surface area contributed by atoms with Gasteiger partial charge in [-0.1, -0.05) is 18.5 Å². The zero-order valence-corrected chi connectivity index (χ0v) is 8.44. The Bertz CT molecular complexity index is 424. The summed E-state index contributed by atoms with van der Waals surface area (Å²) < 4.78 is 1.58. The highest BCUT2D eigenvalue weighted by Gasteiger charge is 2.06. The lowest BCUT2D eigenvalue weighted by Crippen LogP contribution is -2.00. The average Bonchev–Trinajstić information content (AvgIpc) is 2.61. The first-order chi connectivity index (χ1) is 6.81. The highest BCUT2D eigenvalue weighted by Crippen LogP contribution is 2.15. The standard InChI is InChI=1S/C9H9ClN4/c1-2-7-6-8(10)14(13-7)9-4-3-5-11-12-9/h3-6H,2H2,1H3. The number of halogens is 1. The third kappa shape index (κ3) is 1.61. The Kier molecular flexibility index (Phi) is 2.45. The molecule has 0 aliphatic carbocycles. The van der Waals surface area contributed by atoms with Crippen LogP contribution >= 0.6 is 11.6 Å². The first-order valence-electron chi connectivity index (χ1n) is 4.33. The molecule has 0 amide bonds. The molecule has 5 heteroatoms. The third-order valence-electron chi connectivity index (χ3n) is 1.85. The summed E-state index contributed by atoms with van der Waals surface area (Å²) in [7, 11) is 0. The molecule has 0 unspecified atom stereocenters. The molecule has 14 heavy (non-hydrogen) atoms. The Morgan fingerprint density at radius 1 is 1.50 bits per heavy atom. The van der Waals surface area contributed by atoms with Gasteiger partial charge >= 0.3 is 0 Å². The fourth-order valence-electron chi connectivity index (χ4n) is 1.14. The van der Waals surface area contributed by atoms with Crippen molar-refractivity contribution in [2.45, 2.75) is 13.3 Å². The maximum atomic E-state index is 5.99. The number of aryl methyl sites for hydroxylation is 1. The van der Waals surface area contributed by atoms with Crippen molar-refractivity contribution in [2.24, 2.45) is 0 Å². The first-order valence-corrected chi connectivity index (χ1v) is 4.71. The van der Waals surface area contributed by atoms with Gasteiger partial charge in [0.1, 0.15) is 5.15 Å². The van der Waals surface area contributed by atoms with Crippen molar-refractivity contribution in [1.82, 2.24) is 20.0 Å². The quantitative estimate of drug-likeness (QED) is 0.757. The van der Waals surface area contributed by atoms with Crippen LogP contribution in [0.5, 0.6) is 0 Å². The van der Waals surface area contributed by atoms with E-state index in [0.29, 0.717) is 11.0 Å². The summed E-state index contributed by atoms with van der Waals surface area (Å²) in [6.07, 6.45) is 2.47. The second kappa shape index (κ2) is 3.75. The summed E-state index contributed by atoms with van der Waals surface area (Å²) in [6.45, 7) is 2.03. The minimum atomic E-state index is 0.558. The van der Waals surface area contributed by atoms with Crippen molar-refractivity contribution in [1.29, 1.82) is 0 Å². The zero-order valence-electron chi connectivity index (χ0n) is 7.68. The highest BCUT2D eigenvalue weighted by molar-refractivity contribution is 6.29. The van der Waals surface area contributed by atoms with E-state index in [-0.39, 0.29) is 0 Å². The second-order valence-electron chi connectivity index (χ2n) is 2.81. The molecule has 0 saturated carbocycles. The van der Waals surface area contributed by atoms with Crippen molar-refractivity contribution in [2.75, 3.05) is 0 Å². The Labute approximate surface area is 86.5 Å². The molecule has 0 atom stereocenters. The smallest absolute Gasteiger partial charge is 0.177 e. The molecule has 0 aliphatic heterocycles. The van der Waals surface area contributed by atoms with Crippen LogP contribution in [0.15, 0.2) is 24.4 Å². The highest BCUT2D eigenvalue weighted by atomic mass is 35.5. The predicted molar refractivity (Wildman–Crippen MR) is 53.5 cm³/mol. The van der Waals surface area contributed by atoms with Crippen molar-refractivity contribution in [3.8, 4) is 5.82 Å². The van der Waals surface area contributed by atoms with E-state index < -0.39 is 0 Å². The summed E-state index contributed by atoms with van der Waals surface area (Å²) >= 11 is 5.99. The summed E-state index contributed by atoms with van der Waals surface area (Å²) in [5, 5.41) is 12.5. The van der Waals surface area contributed by atoms with Crippen LogP contribution in [0.3, 0.4) is 0 Å². The normalized spacial score (nSPS) is 10.4. The van der Waals surface area contributed by atoms with Crippen LogP contribution in [0.25, 0.3) is 5.82 Å². The molecular weight excluding hydrogens is 200 g/mol. The molecule has 2 rings (SSSR count). The number of hydrogen-bond donors (Lipinski definition) is 0. The largest absolute Gasteiger partial charge is 0.202 e. The van der Waals surface area contributed by atoms with Gasteiger partial charge in [0.25, 0.3) is 0 Å². The van der Waals surface area contributed by atoms with Crippen LogP contribution in [-0.2, 0) is 6.42 Å². The minimum Gasteiger partial charge on any atom is -0.202 e. The van der Waals surface area contributed by atoms with Crippen molar-refractivity contribution in [3.05, 3.63) is 35.2 Å². The minimum absolute atomic E-state index is 0.558. The lowest BCUT2D eigenvalue weighted by molar-refractivity contribution is 0.792. The molecule has 0 aromatic carbocycles. The van der Waals surface area contributed by atoms with E-state index >= 15 is 0 Å². The van der Waals surface area contributed by atoms with Crippen molar-refractivity contribution >= 4 is 11.6 Å². The van der Waals surface area contributed by atoms with Gasteiger partial charge < -0.3 is 0 Å². The zero-order chi connectivity index (χ0) is 9.97. The van der Waals surface area contributed by atoms with Gasteiger partial charge in [-0.2, -0.15) is 10.2 Å². The number of hydrogen-bond acceptors (Lipinski definition) is 3. The second-order valence-corrected chi connectivity index (χ2v) is 3.19. The number of nitrogens with zero attached hydrogens (tertiary/aromatic N) is 4. The predicted octanol–water partition coefficient (Wildman–Crippen LogP) is 1.88. The molecule has 0 bridgehead atoms. The molecule has 72 valence electrons. The number of aromatic nitrogens is 4. The molecule has 0 aliphatic rings. The van der Waals surface area contributed by atoms with Gasteiger partial charge in [-0.15, -0.1) is 5.10 Å². The monoisotopic (exact) mass is 208 g/mol. The Morgan fingerprint density at radius 3 is 2.93 bits per heavy atom. The summed E-state index contributed by atoms with van der Waals surface area (Å²) in [6, 6.07) is 5.44. The van der Waals surface area contributed by atoms with Gasteiger partial charge in [0.15, 0.2) is 5.82 Å². The van der Waals surface area contributed by atoms with Gasteiger partial charge in [-0.05, 0) is 24.6 Å². The van der Waals surface area contributed by atoms with Crippen LogP contribution in [0, 0.1) is 0 Å². The lowest BCUT2D eigenvalue weighted by atomic mass is 10.3. The molecule has 2 aromatic rings. The van der Waals surface area contributed by atoms with Crippen LogP contribution in [0.4, 0.5) is 0 Å². The fourth-order valence-corrected chi connectivity index (χ4v) is 1.39. The van der Waals surface area contributed by atoms with Gasteiger partial charge in [-0.25, -0.2) is 4.68 Å². The molecule has 4 nitrogen and oxygen atoms in total. The summed E-state index contributed by atoms with van der Waals surface area (Å²) in [5.74, 6) is 0.636. The van der Waals surface area contributed by atoms with E-state index in [1.54, 1.807) is 16.9 Å². The van der Waals surface area contributed by atoms with Crippen molar-refractivity contribution < 1.29 is 0 Å². The Balaban J connectivity index is 2.46. The van der Waals surface area contributed by atoms with E-state index in [0.717, 1.165) is 12.1 Å². The molecule has 0 fully saturated rings. The fraction of sp³-hybridized carbons (Fsp3) is 0.222. The maximum absolute atomic E-state index is 5.99. The van der Waals surface area contributed by atoms with Crippen molar-refractivity contribution in [3.63, 3.8) is 0 Å². The topological polar surface area (TPSA) is 43.6 Å². The maximum Gasteiger partial charge on any atom is 0.177 e. The Hall–Kier alpha value is -1.42. The van der Waals surface area contributed by atoms with Gasteiger partial charge in [0.2, 0.25) is 0 Å². The SMILES string of the molecule is CCc1cc(Cl)n(-c2cccnn2)n1. The summed E-state index contributed by atoms with van der Waals surface area (Å²) in [4.78, 5) is 0. The summed E-state index contributed by atoms with van der Waals surface area (Å²) in [5.41, 5.74) is 0.945. The van der Waals surface area contributed by atoms with E-state index in [1.807, 2.05) is 19.1 Å². The Morgan fingerprint density at radius 2 is 2.36 bits per heavy atom. The molecule has 0 spiro atoms. The molecule has 0 N–H and O–H groups in total. The van der Waals surface area contributed by atoms with Gasteiger partial charge in [0, 0.05) is 6.20 Å². The van der Waals surface area contributed by atoms with E-state index in [4.69, 9.17) is 11.6 Å². The van der Waals surface area contributed by atoms with Crippen LogP contribution in [-0.4, -0.2) is 20.0 Å². The van der Waals surface area contributed by atoms with Crippen LogP contribution < -0.4 is 0 Å². The third-order valence-corrected chi connectivity index (χ3v) is 2.12. The number of rotatable bonds is 2. The van der Waals surface area contributed by atoms with E-state index in [2.05, 4.69) is 15.3 Å². The average molecular weight is 209 g/mol. The van der Waals surface area contributed by atoms with Gasteiger partial charge in [0.05, 0.1) is 5.69 Å². The molecular formula is C9H9ClN4. The van der Waals surface area contributed by atoms with Crippen LogP contribution in [0.1, 0.15) is 12.6 Å². The lowest BCUT2D eigenvalue weighted by Gasteiger charge is -1.98. The van der Waals surface area contributed by atoms with Gasteiger partial charge in [-0.3, -0.25) is 0 Å². The molecule has 2 aromatic heterocycles. The van der Waals surface area contributed by atoms with E-state index in [9.17, 15) is 0 Å². The van der Waals surface area contributed by atoms with E-state index in [1.165, 1.54) is 0 Å². The first kappa shape index (κ1) is 9.15. The molecule has 2 heterocycles. The molecule has 0 radical (unpaired) electrons. The van der Waals surface area contributed by atoms with Crippen LogP contribution in [0.2, 0.25) is 5.15 Å².